The molecule has 0 unspecified atom stereocenters. The van der Waals surface area contributed by atoms with Crippen LogP contribution in [0.1, 0.15) is 16.1 Å². The van der Waals surface area contributed by atoms with Crippen molar-refractivity contribution in [1.29, 1.82) is 0 Å². The SMILES string of the molecule is COC(=O)c1cc(Cl)cc2cnn(Cc3ccc(-c4ccc(F)c(OC)c4)cn3)c12. The highest BCUT2D eigenvalue weighted by atomic mass is 35.5. The lowest BCUT2D eigenvalue weighted by Crippen LogP contribution is -2.08. The molecule has 0 N–H and O–H groups in total. The summed E-state index contributed by atoms with van der Waals surface area (Å²) in [5.41, 5.74) is 3.32. The fourth-order valence-electron chi connectivity index (χ4n) is 3.26. The van der Waals surface area contributed by atoms with Gasteiger partial charge in [-0.25, -0.2) is 9.18 Å². The van der Waals surface area contributed by atoms with Crippen LogP contribution < -0.4 is 4.74 Å². The minimum atomic E-state index is -0.488. The Labute approximate surface area is 176 Å². The monoisotopic (exact) mass is 425 g/mol. The van der Waals surface area contributed by atoms with Crippen LogP contribution in [0.5, 0.6) is 5.75 Å². The molecule has 152 valence electrons. The van der Waals surface area contributed by atoms with E-state index in [-0.39, 0.29) is 5.75 Å². The number of hydrogen-bond donors (Lipinski definition) is 0. The number of pyridine rings is 1. The molecular formula is C22H17ClFN3O3. The van der Waals surface area contributed by atoms with Crippen LogP contribution in [0.25, 0.3) is 22.0 Å². The van der Waals surface area contributed by atoms with Crippen molar-refractivity contribution in [2.75, 3.05) is 14.2 Å². The van der Waals surface area contributed by atoms with Crippen molar-refractivity contribution in [2.24, 2.45) is 0 Å². The molecule has 0 radical (unpaired) electrons. The highest BCUT2D eigenvalue weighted by Crippen LogP contribution is 2.27. The largest absolute Gasteiger partial charge is 0.494 e. The molecule has 0 aliphatic carbocycles. The standard InChI is InChI=1S/C22H17ClFN3O3/c1-29-20-8-13(4-6-19(20)24)14-3-5-17(25-10-14)12-27-21-15(11-26-27)7-16(23)9-18(21)22(28)30-2/h3-11H,12H2,1-2H3. The van der Waals surface area contributed by atoms with Crippen LogP contribution in [-0.2, 0) is 11.3 Å². The zero-order valence-corrected chi connectivity index (χ0v) is 17.0. The Morgan fingerprint density at radius 2 is 1.90 bits per heavy atom. The topological polar surface area (TPSA) is 66.2 Å². The number of methoxy groups -OCH3 is 2. The number of hydrogen-bond acceptors (Lipinski definition) is 5. The fourth-order valence-corrected chi connectivity index (χ4v) is 3.49. The van der Waals surface area contributed by atoms with E-state index in [9.17, 15) is 9.18 Å². The first-order valence-corrected chi connectivity index (χ1v) is 9.40. The molecule has 2 aromatic heterocycles. The number of benzene rings is 2. The molecule has 0 atom stereocenters. The maximum atomic E-state index is 13.6. The number of esters is 1. The quantitative estimate of drug-likeness (QED) is 0.432. The van der Waals surface area contributed by atoms with Crippen LogP contribution in [0.2, 0.25) is 5.02 Å². The van der Waals surface area contributed by atoms with Crippen LogP contribution in [-0.4, -0.2) is 35.0 Å². The second-order valence-electron chi connectivity index (χ2n) is 6.57. The molecule has 0 fully saturated rings. The van der Waals surface area contributed by atoms with Crippen molar-refractivity contribution < 1.29 is 18.7 Å². The number of carbonyl (C=O) groups excluding carboxylic acids is 1. The van der Waals surface area contributed by atoms with Gasteiger partial charge in [0.2, 0.25) is 0 Å². The van der Waals surface area contributed by atoms with Gasteiger partial charge in [-0.05, 0) is 35.9 Å². The summed E-state index contributed by atoms with van der Waals surface area (Å²) in [4.78, 5) is 16.7. The van der Waals surface area contributed by atoms with Crippen LogP contribution in [0.3, 0.4) is 0 Å². The average Bonchev–Trinajstić information content (AvgIpc) is 3.15. The molecule has 4 aromatic rings. The van der Waals surface area contributed by atoms with Crippen molar-refractivity contribution >= 4 is 28.5 Å². The van der Waals surface area contributed by atoms with Crippen molar-refractivity contribution in [3.8, 4) is 16.9 Å². The van der Waals surface area contributed by atoms with E-state index in [0.717, 1.165) is 22.2 Å². The number of ether oxygens (including phenoxy) is 2. The van der Waals surface area contributed by atoms with Gasteiger partial charge in [-0.2, -0.15) is 5.10 Å². The summed E-state index contributed by atoms with van der Waals surface area (Å²) < 4.78 is 25.2. The lowest BCUT2D eigenvalue weighted by Gasteiger charge is -2.09. The minimum absolute atomic E-state index is 0.175. The van der Waals surface area contributed by atoms with Gasteiger partial charge in [-0.15, -0.1) is 0 Å². The van der Waals surface area contributed by atoms with Gasteiger partial charge in [-0.1, -0.05) is 23.7 Å². The Morgan fingerprint density at radius 1 is 1.10 bits per heavy atom. The van der Waals surface area contributed by atoms with Gasteiger partial charge in [-0.3, -0.25) is 9.67 Å². The summed E-state index contributed by atoms with van der Waals surface area (Å²) >= 11 is 6.11. The molecule has 0 aliphatic heterocycles. The molecular weight excluding hydrogens is 409 g/mol. The smallest absolute Gasteiger partial charge is 0.340 e. The first kappa shape index (κ1) is 19.8. The third-order valence-corrected chi connectivity index (χ3v) is 4.94. The predicted molar refractivity (Wildman–Crippen MR) is 111 cm³/mol. The molecule has 0 saturated heterocycles. The Kier molecular flexibility index (Phi) is 5.37. The van der Waals surface area contributed by atoms with Crippen molar-refractivity contribution in [3.63, 3.8) is 0 Å². The van der Waals surface area contributed by atoms with E-state index >= 15 is 0 Å². The van der Waals surface area contributed by atoms with E-state index in [4.69, 9.17) is 21.1 Å². The van der Waals surface area contributed by atoms with E-state index in [1.807, 2.05) is 12.1 Å². The van der Waals surface area contributed by atoms with E-state index in [1.54, 1.807) is 41.3 Å². The van der Waals surface area contributed by atoms with Crippen molar-refractivity contribution in [1.82, 2.24) is 14.8 Å². The maximum absolute atomic E-state index is 13.6. The van der Waals surface area contributed by atoms with Gasteiger partial charge in [0.15, 0.2) is 11.6 Å². The van der Waals surface area contributed by atoms with E-state index < -0.39 is 11.8 Å². The first-order chi connectivity index (χ1) is 14.5. The molecule has 0 saturated carbocycles. The van der Waals surface area contributed by atoms with Crippen LogP contribution >= 0.6 is 11.6 Å². The highest BCUT2D eigenvalue weighted by Gasteiger charge is 2.17. The molecule has 8 heteroatoms. The summed E-state index contributed by atoms with van der Waals surface area (Å²) in [5.74, 6) is -0.732. The van der Waals surface area contributed by atoms with Crippen molar-refractivity contribution in [2.45, 2.75) is 6.54 Å². The van der Waals surface area contributed by atoms with E-state index in [1.165, 1.54) is 20.3 Å². The van der Waals surface area contributed by atoms with Crippen LogP contribution in [0, 0.1) is 5.82 Å². The molecule has 2 aromatic carbocycles. The van der Waals surface area contributed by atoms with Gasteiger partial charge >= 0.3 is 5.97 Å². The normalized spacial score (nSPS) is 10.9. The van der Waals surface area contributed by atoms with Crippen LogP contribution in [0.4, 0.5) is 4.39 Å². The second kappa shape index (κ2) is 8.12. The summed E-state index contributed by atoms with van der Waals surface area (Å²) in [5, 5.41) is 5.54. The van der Waals surface area contributed by atoms with Gasteiger partial charge in [0.25, 0.3) is 0 Å². The summed E-state index contributed by atoms with van der Waals surface area (Å²) in [6, 6.07) is 11.7. The number of rotatable bonds is 5. The summed E-state index contributed by atoms with van der Waals surface area (Å²) in [6.45, 7) is 0.349. The zero-order chi connectivity index (χ0) is 21.3. The Morgan fingerprint density at radius 3 is 2.60 bits per heavy atom. The molecule has 0 aliphatic rings. The molecule has 30 heavy (non-hydrogen) atoms. The second-order valence-corrected chi connectivity index (χ2v) is 7.01. The predicted octanol–water partition coefficient (Wildman–Crippen LogP) is 4.73. The van der Waals surface area contributed by atoms with E-state index in [0.29, 0.717) is 22.6 Å². The van der Waals surface area contributed by atoms with E-state index in [2.05, 4.69) is 10.1 Å². The van der Waals surface area contributed by atoms with Crippen molar-refractivity contribution in [3.05, 3.63) is 77.0 Å². The fraction of sp³-hybridized carbons (Fsp3) is 0.136. The number of aromatic nitrogens is 3. The number of nitrogens with zero attached hydrogens (tertiary/aromatic N) is 3. The zero-order valence-electron chi connectivity index (χ0n) is 16.2. The first-order valence-electron chi connectivity index (χ1n) is 9.02. The van der Waals surface area contributed by atoms with Gasteiger partial charge < -0.3 is 9.47 Å². The van der Waals surface area contributed by atoms with Crippen LogP contribution in [0.15, 0.2) is 54.9 Å². The summed E-state index contributed by atoms with van der Waals surface area (Å²) in [6.07, 6.45) is 3.35. The third-order valence-electron chi connectivity index (χ3n) is 4.72. The third kappa shape index (κ3) is 3.71. The van der Waals surface area contributed by atoms with Gasteiger partial charge in [0.1, 0.15) is 0 Å². The average molecular weight is 426 g/mol. The molecule has 0 spiro atoms. The lowest BCUT2D eigenvalue weighted by molar-refractivity contribution is 0.0602. The molecule has 4 rings (SSSR count). The molecule has 0 amide bonds. The minimum Gasteiger partial charge on any atom is -0.494 e. The molecule has 0 bridgehead atoms. The van der Waals surface area contributed by atoms with Gasteiger partial charge in [0.05, 0.1) is 43.7 Å². The number of carbonyl (C=O) groups is 1. The Bertz CT molecular complexity index is 1240. The number of fused-ring (bicyclic) bond motifs is 1. The highest BCUT2D eigenvalue weighted by molar-refractivity contribution is 6.32. The molecule has 6 nitrogen and oxygen atoms in total. The Balaban J connectivity index is 1.66. The lowest BCUT2D eigenvalue weighted by atomic mass is 10.1. The number of halogens is 2. The molecule has 2 heterocycles. The van der Waals surface area contributed by atoms with Gasteiger partial charge in [0, 0.05) is 22.2 Å². The maximum Gasteiger partial charge on any atom is 0.340 e. The summed E-state index contributed by atoms with van der Waals surface area (Å²) in [7, 11) is 2.74. The Hall–Kier alpha value is -3.45.